The van der Waals surface area contributed by atoms with Crippen molar-refractivity contribution in [2.24, 2.45) is 0 Å². The summed E-state index contributed by atoms with van der Waals surface area (Å²) in [5.41, 5.74) is 2.14. The predicted molar refractivity (Wildman–Crippen MR) is 73.3 cm³/mol. The normalized spacial score (nSPS) is 20.1. The van der Waals surface area contributed by atoms with E-state index in [1.165, 1.54) is 0 Å². The molecule has 1 atom stereocenters. The highest BCUT2D eigenvalue weighted by molar-refractivity contribution is 9.10. The zero-order valence-corrected chi connectivity index (χ0v) is 11.8. The van der Waals surface area contributed by atoms with Crippen LogP contribution in [-0.2, 0) is 4.79 Å². The van der Waals surface area contributed by atoms with Gasteiger partial charge < -0.3 is 10.2 Å². The summed E-state index contributed by atoms with van der Waals surface area (Å²) in [4.78, 5) is 14.1. The molecule has 1 aromatic carbocycles. The van der Waals surface area contributed by atoms with E-state index >= 15 is 0 Å². The number of aryl methyl sites for hydroxylation is 1. The molecular weight excluding hydrogens is 280 g/mol. The number of rotatable bonds is 3. The number of halogens is 1. The Morgan fingerprint density at radius 3 is 3.00 bits per heavy atom. The largest absolute Gasteiger partial charge is 0.310 e. The molecule has 1 heterocycles. The van der Waals surface area contributed by atoms with Crippen molar-refractivity contribution in [3.63, 3.8) is 0 Å². The number of nitrogens with one attached hydrogen (secondary N) is 1. The van der Waals surface area contributed by atoms with E-state index in [9.17, 15) is 4.79 Å². The van der Waals surface area contributed by atoms with Crippen LogP contribution in [0.15, 0.2) is 22.7 Å². The van der Waals surface area contributed by atoms with Crippen molar-refractivity contribution >= 4 is 27.5 Å². The quantitative estimate of drug-likeness (QED) is 0.929. The maximum absolute atomic E-state index is 12.2. The Morgan fingerprint density at radius 2 is 2.29 bits per heavy atom. The molecule has 4 heteroatoms. The van der Waals surface area contributed by atoms with Crippen LogP contribution in [0.2, 0.25) is 0 Å². The summed E-state index contributed by atoms with van der Waals surface area (Å²) in [6, 6.07) is 6.00. The van der Waals surface area contributed by atoms with Crippen molar-refractivity contribution in [2.75, 3.05) is 18.0 Å². The highest BCUT2D eigenvalue weighted by Gasteiger charge is 2.32. The van der Waals surface area contributed by atoms with E-state index in [-0.39, 0.29) is 11.9 Å². The van der Waals surface area contributed by atoms with Gasteiger partial charge in [-0.15, -0.1) is 0 Å². The Bertz CT molecular complexity index is 433. The van der Waals surface area contributed by atoms with Gasteiger partial charge >= 0.3 is 0 Å². The SMILES string of the molecule is CCNC1CCN(c2cccc(C)c2Br)C1=O. The van der Waals surface area contributed by atoms with E-state index < -0.39 is 0 Å². The van der Waals surface area contributed by atoms with Crippen molar-refractivity contribution in [1.29, 1.82) is 0 Å². The first kappa shape index (κ1) is 12.6. The molecule has 1 saturated heterocycles. The first-order valence-electron chi connectivity index (χ1n) is 5.95. The lowest BCUT2D eigenvalue weighted by Gasteiger charge is -2.19. The molecule has 0 bridgehead atoms. The Kier molecular flexibility index (Phi) is 3.84. The summed E-state index contributed by atoms with van der Waals surface area (Å²) < 4.78 is 1.02. The second kappa shape index (κ2) is 5.19. The summed E-state index contributed by atoms with van der Waals surface area (Å²) in [7, 11) is 0. The second-order valence-corrected chi connectivity index (χ2v) is 5.09. The smallest absolute Gasteiger partial charge is 0.244 e. The van der Waals surface area contributed by atoms with E-state index in [0.29, 0.717) is 0 Å². The Labute approximate surface area is 110 Å². The van der Waals surface area contributed by atoms with E-state index in [4.69, 9.17) is 0 Å². The van der Waals surface area contributed by atoms with Gasteiger partial charge in [0, 0.05) is 11.0 Å². The van der Waals surface area contributed by atoms with Gasteiger partial charge in [-0.1, -0.05) is 19.1 Å². The molecule has 1 unspecified atom stereocenters. The van der Waals surface area contributed by atoms with Crippen molar-refractivity contribution in [1.82, 2.24) is 5.32 Å². The van der Waals surface area contributed by atoms with Gasteiger partial charge in [0.15, 0.2) is 0 Å². The molecule has 1 aliphatic rings. The average Bonchev–Trinajstić information content (AvgIpc) is 2.66. The highest BCUT2D eigenvalue weighted by atomic mass is 79.9. The fraction of sp³-hybridized carbons (Fsp3) is 0.462. The van der Waals surface area contributed by atoms with Crippen molar-refractivity contribution in [2.45, 2.75) is 26.3 Å². The average molecular weight is 297 g/mol. The second-order valence-electron chi connectivity index (χ2n) is 4.30. The van der Waals surface area contributed by atoms with Gasteiger partial charge in [-0.2, -0.15) is 0 Å². The van der Waals surface area contributed by atoms with Gasteiger partial charge in [0.25, 0.3) is 0 Å². The first-order valence-corrected chi connectivity index (χ1v) is 6.74. The zero-order chi connectivity index (χ0) is 12.4. The van der Waals surface area contributed by atoms with Crippen LogP contribution in [0.5, 0.6) is 0 Å². The van der Waals surface area contributed by atoms with Gasteiger partial charge in [0.2, 0.25) is 5.91 Å². The van der Waals surface area contributed by atoms with Crippen molar-refractivity contribution in [3.8, 4) is 0 Å². The molecule has 1 amide bonds. The molecule has 92 valence electrons. The molecule has 0 radical (unpaired) electrons. The lowest BCUT2D eigenvalue weighted by molar-refractivity contribution is -0.118. The van der Waals surface area contributed by atoms with Gasteiger partial charge in [-0.25, -0.2) is 0 Å². The number of anilines is 1. The number of likely N-dealkylation sites (N-methyl/N-ethyl adjacent to an activating group) is 1. The molecule has 2 rings (SSSR count). The van der Waals surface area contributed by atoms with Gasteiger partial charge in [-0.05, 0) is 47.4 Å². The molecule has 0 aliphatic carbocycles. The molecule has 1 fully saturated rings. The van der Waals surface area contributed by atoms with Gasteiger partial charge in [0.1, 0.15) is 0 Å². The minimum atomic E-state index is -0.0209. The fourth-order valence-corrected chi connectivity index (χ4v) is 2.67. The van der Waals surface area contributed by atoms with E-state index in [1.807, 2.05) is 36.9 Å². The Hall–Kier alpha value is -0.870. The van der Waals surface area contributed by atoms with E-state index in [2.05, 4.69) is 21.2 Å². The van der Waals surface area contributed by atoms with Crippen LogP contribution in [0.4, 0.5) is 5.69 Å². The number of amides is 1. The minimum absolute atomic E-state index is 0.0209. The molecule has 17 heavy (non-hydrogen) atoms. The lowest BCUT2D eigenvalue weighted by atomic mass is 10.2. The van der Waals surface area contributed by atoms with Crippen LogP contribution in [-0.4, -0.2) is 25.0 Å². The Balaban J connectivity index is 2.24. The number of carbonyl (C=O) groups is 1. The number of nitrogens with zero attached hydrogens (tertiary/aromatic N) is 1. The van der Waals surface area contributed by atoms with Crippen LogP contribution in [0, 0.1) is 6.92 Å². The first-order chi connectivity index (χ1) is 8.15. The summed E-state index contributed by atoms with van der Waals surface area (Å²) >= 11 is 3.56. The van der Waals surface area contributed by atoms with Gasteiger partial charge in [-0.3, -0.25) is 4.79 Å². The number of hydrogen-bond acceptors (Lipinski definition) is 2. The molecule has 1 aromatic rings. The maximum atomic E-state index is 12.2. The summed E-state index contributed by atoms with van der Waals surface area (Å²) in [5, 5.41) is 3.22. The van der Waals surface area contributed by atoms with Crippen LogP contribution >= 0.6 is 15.9 Å². The van der Waals surface area contributed by atoms with Crippen LogP contribution in [0.3, 0.4) is 0 Å². The third-order valence-corrected chi connectivity index (χ3v) is 4.15. The van der Waals surface area contributed by atoms with Gasteiger partial charge in [0.05, 0.1) is 11.7 Å². The lowest BCUT2D eigenvalue weighted by Crippen LogP contribution is -2.38. The molecule has 3 nitrogen and oxygen atoms in total. The summed E-state index contributed by atoms with van der Waals surface area (Å²) in [6.45, 7) is 5.69. The summed E-state index contributed by atoms with van der Waals surface area (Å²) in [6.07, 6.45) is 0.882. The number of hydrogen-bond donors (Lipinski definition) is 1. The maximum Gasteiger partial charge on any atom is 0.244 e. The summed E-state index contributed by atoms with van der Waals surface area (Å²) in [5.74, 6) is 0.179. The fourth-order valence-electron chi connectivity index (χ4n) is 2.20. The molecule has 0 aromatic heterocycles. The third-order valence-electron chi connectivity index (χ3n) is 3.12. The highest BCUT2D eigenvalue weighted by Crippen LogP contribution is 2.31. The standard InChI is InChI=1S/C13H17BrN2O/c1-3-15-10-7-8-16(13(10)17)11-6-4-5-9(2)12(11)14/h4-6,10,15H,3,7-8H2,1-2H3. The topological polar surface area (TPSA) is 32.3 Å². The monoisotopic (exact) mass is 296 g/mol. The molecule has 1 aliphatic heterocycles. The molecule has 0 spiro atoms. The molecule has 1 N–H and O–H groups in total. The minimum Gasteiger partial charge on any atom is -0.310 e. The zero-order valence-electron chi connectivity index (χ0n) is 10.2. The van der Waals surface area contributed by atoms with Crippen LogP contribution in [0.25, 0.3) is 0 Å². The molecule has 0 saturated carbocycles. The van der Waals surface area contributed by atoms with Crippen LogP contribution < -0.4 is 10.2 Å². The van der Waals surface area contributed by atoms with Crippen LogP contribution in [0.1, 0.15) is 18.9 Å². The molecular formula is C13H17BrN2O. The van der Waals surface area contributed by atoms with E-state index in [0.717, 1.165) is 35.2 Å². The third kappa shape index (κ3) is 2.38. The van der Waals surface area contributed by atoms with E-state index in [1.54, 1.807) is 0 Å². The van der Waals surface area contributed by atoms with Crippen molar-refractivity contribution < 1.29 is 4.79 Å². The number of benzene rings is 1. The van der Waals surface area contributed by atoms with Crippen molar-refractivity contribution in [3.05, 3.63) is 28.2 Å². The number of carbonyl (C=O) groups excluding carboxylic acids is 1. The Morgan fingerprint density at radius 1 is 1.53 bits per heavy atom. The predicted octanol–water partition coefficient (Wildman–Crippen LogP) is 2.47.